The van der Waals surface area contributed by atoms with Crippen LogP contribution >= 0.6 is 0 Å². The molecule has 0 bridgehead atoms. The van der Waals surface area contributed by atoms with E-state index in [4.69, 9.17) is 5.73 Å². The van der Waals surface area contributed by atoms with Crippen molar-refractivity contribution in [3.05, 3.63) is 23.9 Å². The summed E-state index contributed by atoms with van der Waals surface area (Å²) in [5, 5.41) is 0. The number of anilines is 1. The minimum Gasteiger partial charge on any atom is -0.355 e. The predicted octanol–water partition coefficient (Wildman–Crippen LogP) is -0.225. The van der Waals surface area contributed by atoms with Crippen LogP contribution in [-0.4, -0.2) is 38.0 Å². The van der Waals surface area contributed by atoms with Gasteiger partial charge in [-0.15, -0.1) is 0 Å². The van der Waals surface area contributed by atoms with Gasteiger partial charge in [-0.25, -0.2) is 13.4 Å². The van der Waals surface area contributed by atoms with E-state index in [-0.39, 0.29) is 11.5 Å². The molecule has 1 aliphatic rings. The number of hydrogen-bond acceptors (Lipinski definition) is 5. The Morgan fingerprint density at radius 3 is 2.69 bits per heavy atom. The van der Waals surface area contributed by atoms with Crippen molar-refractivity contribution in [2.24, 2.45) is 5.73 Å². The molecular formula is C10H15N3O2S. The van der Waals surface area contributed by atoms with Gasteiger partial charge in [0.15, 0.2) is 9.84 Å². The summed E-state index contributed by atoms with van der Waals surface area (Å²) in [6, 6.07) is 3.78. The molecule has 5 nitrogen and oxygen atoms in total. The molecule has 0 radical (unpaired) electrons. The second kappa shape index (κ2) is 4.39. The first-order chi connectivity index (χ1) is 7.61. The zero-order chi connectivity index (χ0) is 11.6. The molecule has 0 aromatic carbocycles. The largest absolute Gasteiger partial charge is 0.355 e. The van der Waals surface area contributed by atoms with Crippen molar-refractivity contribution in [2.45, 2.75) is 6.54 Å². The molecule has 0 aliphatic carbocycles. The fraction of sp³-hybridized carbons (Fsp3) is 0.500. The van der Waals surface area contributed by atoms with Crippen LogP contribution in [0.2, 0.25) is 0 Å². The highest BCUT2D eigenvalue weighted by Crippen LogP contribution is 2.15. The van der Waals surface area contributed by atoms with Gasteiger partial charge in [-0.1, -0.05) is 0 Å². The van der Waals surface area contributed by atoms with E-state index in [1.54, 1.807) is 6.20 Å². The maximum Gasteiger partial charge on any atom is 0.153 e. The van der Waals surface area contributed by atoms with E-state index >= 15 is 0 Å². The molecule has 0 unspecified atom stereocenters. The lowest BCUT2D eigenvalue weighted by Gasteiger charge is -2.27. The topological polar surface area (TPSA) is 76.3 Å². The Kier molecular flexibility index (Phi) is 3.11. The number of sulfone groups is 1. The van der Waals surface area contributed by atoms with Crippen LogP contribution in [0.25, 0.3) is 0 Å². The van der Waals surface area contributed by atoms with Crippen LogP contribution in [0.15, 0.2) is 18.3 Å². The molecule has 16 heavy (non-hydrogen) atoms. The highest BCUT2D eigenvalue weighted by atomic mass is 32.2. The first kappa shape index (κ1) is 11.3. The van der Waals surface area contributed by atoms with E-state index in [0.29, 0.717) is 19.6 Å². The lowest BCUT2D eigenvalue weighted by molar-refractivity contribution is 0.586. The Bertz CT molecular complexity index is 459. The Hall–Kier alpha value is -1.14. The van der Waals surface area contributed by atoms with Crippen LogP contribution in [0.4, 0.5) is 5.82 Å². The van der Waals surface area contributed by atoms with Crippen molar-refractivity contribution in [2.75, 3.05) is 29.5 Å². The van der Waals surface area contributed by atoms with Gasteiger partial charge >= 0.3 is 0 Å². The normalized spacial score (nSPS) is 19.7. The number of nitrogens with zero attached hydrogens (tertiary/aromatic N) is 2. The van der Waals surface area contributed by atoms with E-state index in [9.17, 15) is 8.42 Å². The Balaban J connectivity index is 2.13. The summed E-state index contributed by atoms with van der Waals surface area (Å²) >= 11 is 0. The minimum atomic E-state index is -2.83. The first-order valence-corrected chi connectivity index (χ1v) is 7.03. The second-order valence-electron chi connectivity index (χ2n) is 3.87. The molecule has 1 saturated heterocycles. The van der Waals surface area contributed by atoms with Crippen LogP contribution in [0.1, 0.15) is 5.56 Å². The number of rotatable bonds is 2. The van der Waals surface area contributed by atoms with Gasteiger partial charge in [-0.2, -0.15) is 0 Å². The van der Waals surface area contributed by atoms with Crippen molar-refractivity contribution in [3.63, 3.8) is 0 Å². The van der Waals surface area contributed by atoms with E-state index in [1.807, 2.05) is 17.0 Å². The van der Waals surface area contributed by atoms with Gasteiger partial charge in [0.05, 0.1) is 11.5 Å². The average Bonchev–Trinajstić information content (AvgIpc) is 2.29. The first-order valence-electron chi connectivity index (χ1n) is 5.21. The van der Waals surface area contributed by atoms with Gasteiger partial charge in [0, 0.05) is 25.8 Å². The fourth-order valence-corrected chi connectivity index (χ4v) is 2.90. The number of pyridine rings is 1. The minimum absolute atomic E-state index is 0.210. The van der Waals surface area contributed by atoms with Crippen LogP contribution < -0.4 is 10.6 Å². The third kappa shape index (κ3) is 2.51. The Morgan fingerprint density at radius 1 is 1.38 bits per heavy atom. The summed E-state index contributed by atoms with van der Waals surface area (Å²) in [5.74, 6) is 1.24. The van der Waals surface area contributed by atoms with Crippen LogP contribution in [-0.2, 0) is 16.4 Å². The molecule has 2 rings (SSSR count). The molecule has 1 aromatic rings. The van der Waals surface area contributed by atoms with E-state index in [1.165, 1.54) is 0 Å². The van der Waals surface area contributed by atoms with Gasteiger partial charge < -0.3 is 10.6 Å². The highest BCUT2D eigenvalue weighted by molar-refractivity contribution is 7.91. The van der Waals surface area contributed by atoms with Gasteiger partial charge in [0.1, 0.15) is 5.82 Å². The summed E-state index contributed by atoms with van der Waals surface area (Å²) in [5.41, 5.74) is 6.56. The number of hydrogen-bond donors (Lipinski definition) is 1. The molecule has 0 atom stereocenters. The SMILES string of the molecule is NCc1ccnc(N2CCS(=O)(=O)CC2)c1. The predicted molar refractivity (Wildman–Crippen MR) is 63.0 cm³/mol. The molecule has 2 heterocycles. The monoisotopic (exact) mass is 241 g/mol. The van der Waals surface area contributed by atoms with Crippen molar-refractivity contribution < 1.29 is 8.42 Å². The molecule has 88 valence electrons. The van der Waals surface area contributed by atoms with Crippen molar-refractivity contribution in [1.29, 1.82) is 0 Å². The summed E-state index contributed by atoms with van der Waals surface area (Å²) < 4.78 is 22.6. The Morgan fingerprint density at radius 2 is 2.06 bits per heavy atom. The maximum absolute atomic E-state index is 11.3. The highest BCUT2D eigenvalue weighted by Gasteiger charge is 2.22. The molecule has 1 fully saturated rings. The number of aromatic nitrogens is 1. The molecule has 2 N–H and O–H groups in total. The van der Waals surface area contributed by atoms with Crippen LogP contribution in [0.5, 0.6) is 0 Å². The summed E-state index contributed by atoms with van der Waals surface area (Å²) in [4.78, 5) is 6.22. The maximum atomic E-state index is 11.3. The van der Waals surface area contributed by atoms with E-state index < -0.39 is 9.84 Å². The zero-order valence-corrected chi connectivity index (χ0v) is 9.78. The van der Waals surface area contributed by atoms with Gasteiger partial charge in [0.25, 0.3) is 0 Å². The molecule has 0 spiro atoms. The van der Waals surface area contributed by atoms with Crippen molar-refractivity contribution in [1.82, 2.24) is 4.98 Å². The molecule has 1 aliphatic heterocycles. The van der Waals surface area contributed by atoms with Crippen molar-refractivity contribution in [3.8, 4) is 0 Å². The fourth-order valence-electron chi connectivity index (χ4n) is 1.70. The third-order valence-electron chi connectivity index (χ3n) is 2.71. The lowest BCUT2D eigenvalue weighted by Crippen LogP contribution is -2.40. The molecular weight excluding hydrogens is 226 g/mol. The molecule has 0 amide bonds. The summed E-state index contributed by atoms with van der Waals surface area (Å²) in [6.07, 6.45) is 1.71. The quantitative estimate of drug-likeness (QED) is 0.774. The summed E-state index contributed by atoms with van der Waals surface area (Å²) in [6.45, 7) is 1.51. The van der Waals surface area contributed by atoms with E-state index in [0.717, 1.165) is 11.4 Å². The van der Waals surface area contributed by atoms with Crippen LogP contribution in [0.3, 0.4) is 0 Å². The van der Waals surface area contributed by atoms with Crippen LogP contribution in [0, 0.1) is 0 Å². The standard InChI is InChI=1S/C10H15N3O2S/c11-8-9-1-2-12-10(7-9)13-3-5-16(14,15)6-4-13/h1-2,7H,3-6,8,11H2. The average molecular weight is 241 g/mol. The van der Waals surface area contributed by atoms with Gasteiger partial charge in [-0.3, -0.25) is 0 Å². The van der Waals surface area contributed by atoms with E-state index in [2.05, 4.69) is 4.98 Å². The second-order valence-corrected chi connectivity index (χ2v) is 6.17. The number of nitrogens with two attached hydrogens (primary N) is 1. The smallest absolute Gasteiger partial charge is 0.153 e. The van der Waals surface area contributed by atoms with Crippen molar-refractivity contribution >= 4 is 15.7 Å². The molecule has 0 saturated carbocycles. The molecule has 1 aromatic heterocycles. The van der Waals surface area contributed by atoms with Gasteiger partial charge in [0.2, 0.25) is 0 Å². The lowest BCUT2D eigenvalue weighted by atomic mass is 10.2. The summed E-state index contributed by atoms with van der Waals surface area (Å²) in [7, 11) is -2.83. The third-order valence-corrected chi connectivity index (χ3v) is 4.32. The zero-order valence-electron chi connectivity index (χ0n) is 8.96. The van der Waals surface area contributed by atoms with Gasteiger partial charge in [-0.05, 0) is 17.7 Å². The molecule has 6 heteroatoms. The Labute approximate surface area is 95.2 Å².